The molecule has 2 atom stereocenters. The minimum absolute atomic E-state index is 0.0969. The highest BCUT2D eigenvalue weighted by molar-refractivity contribution is 5.93. The number of carbonyl (C=O) groups is 1. The van der Waals surface area contributed by atoms with Crippen molar-refractivity contribution in [2.24, 2.45) is 11.8 Å². The van der Waals surface area contributed by atoms with E-state index >= 15 is 0 Å². The first-order chi connectivity index (χ1) is 7.68. The van der Waals surface area contributed by atoms with Crippen molar-refractivity contribution in [1.29, 1.82) is 0 Å². The Kier molecular flexibility index (Phi) is 3.25. The van der Waals surface area contributed by atoms with Gasteiger partial charge in [0.2, 0.25) is 5.91 Å². The number of carbonyl (C=O) groups excluding carboxylic acids is 1. The number of hydrogen-bond acceptors (Lipinski definition) is 2. The topological polar surface area (TPSA) is 41.1 Å². The van der Waals surface area contributed by atoms with Crippen LogP contribution in [0.3, 0.4) is 0 Å². The highest BCUT2D eigenvalue weighted by Crippen LogP contribution is 2.20. The molecule has 86 valence electrons. The van der Waals surface area contributed by atoms with E-state index in [1.165, 1.54) is 0 Å². The van der Waals surface area contributed by atoms with Crippen LogP contribution in [0.2, 0.25) is 0 Å². The van der Waals surface area contributed by atoms with E-state index in [2.05, 4.69) is 17.6 Å². The van der Waals surface area contributed by atoms with E-state index in [1.54, 1.807) is 0 Å². The molecule has 1 heterocycles. The van der Waals surface area contributed by atoms with Crippen LogP contribution in [0.25, 0.3) is 0 Å². The summed E-state index contributed by atoms with van der Waals surface area (Å²) in [5.41, 5.74) is 2.03. The van der Waals surface area contributed by atoms with E-state index in [0.717, 1.165) is 24.3 Å². The van der Waals surface area contributed by atoms with Gasteiger partial charge in [0.05, 0.1) is 5.92 Å². The van der Waals surface area contributed by atoms with Gasteiger partial charge >= 0.3 is 0 Å². The first-order valence-electron chi connectivity index (χ1n) is 5.75. The van der Waals surface area contributed by atoms with Gasteiger partial charge in [0.15, 0.2) is 0 Å². The Morgan fingerprint density at radius 1 is 1.38 bits per heavy atom. The fraction of sp³-hybridized carbons (Fsp3) is 0.462. The van der Waals surface area contributed by atoms with Gasteiger partial charge in [0.1, 0.15) is 0 Å². The zero-order chi connectivity index (χ0) is 11.5. The highest BCUT2D eigenvalue weighted by Gasteiger charge is 2.29. The lowest BCUT2D eigenvalue weighted by atomic mass is 9.97. The van der Waals surface area contributed by atoms with Crippen molar-refractivity contribution >= 4 is 11.6 Å². The summed E-state index contributed by atoms with van der Waals surface area (Å²) in [6, 6.07) is 7.87. The predicted octanol–water partition coefficient (Wildman–Crippen LogP) is 1.79. The van der Waals surface area contributed by atoms with Crippen LogP contribution >= 0.6 is 0 Å². The van der Waals surface area contributed by atoms with E-state index in [9.17, 15) is 4.79 Å². The van der Waals surface area contributed by atoms with Gasteiger partial charge in [-0.25, -0.2) is 0 Å². The summed E-state index contributed by atoms with van der Waals surface area (Å²) in [4.78, 5) is 12.0. The van der Waals surface area contributed by atoms with Crippen molar-refractivity contribution in [1.82, 2.24) is 5.32 Å². The smallest absolute Gasteiger partial charge is 0.229 e. The maximum absolute atomic E-state index is 12.0. The Labute approximate surface area is 96.2 Å². The number of anilines is 1. The molecule has 0 saturated carbocycles. The molecule has 1 aliphatic heterocycles. The number of nitrogens with one attached hydrogen (secondary N) is 2. The molecule has 1 aromatic carbocycles. The Hall–Kier alpha value is -1.35. The van der Waals surface area contributed by atoms with E-state index in [1.807, 2.05) is 31.2 Å². The van der Waals surface area contributed by atoms with Crippen molar-refractivity contribution in [2.45, 2.75) is 13.8 Å². The number of rotatable bonds is 2. The van der Waals surface area contributed by atoms with Crippen LogP contribution in [0.1, 0.15) is 12.5 Å². The summed E-state index contributed by atoms with van der Waals surface area (Å²) in [6.45, 7) is 5.85. The Bertz CT molecular complexity index is 389. The van der Waals surface area contributed by atoms with Gasteiger partial charge in [-0.2, -0.15) is 0 Å². The van der Waals surface area contributed by atoms with Crippen LogP contribution in [0.4, 0.5) is 5.69 Å². The molecule has 1 amide bonds. The van der Waals surface area contributed by atoms with Crippen LogP contribution in [-0.4, -0.2) is 19.0 Å². The van der Waals surface area contributed by atoms with Gasteiger partial charge in [-0.3, -0.25) is 4.79 Å². The van der Waals surface area contributed by atoms with Crippen molar-refractivity contribution in [3.8, 4) is 0 Å². The Morgan fingerprint density at radius 3 is 2.75 bits per heavy atom. The van der Waals surface area contributed by atoms with Gasteiger partial charge in [-0.1, -0.05) is 25.1 Å². The molecule has 1 saturated heterocycles. The maximum Gasteiger partial charge on any atom is 0.229 e. The lowest BCUT2D eigenvalue weighted by Crippen LogP contribution is -2.28. The molecule has 3 nitrogen and oxygen atoms in total. The van der Waals surface area contributed by atoms with Gasteiger partial charge < -0.3 is 10.6 Å². The molecule has 0 radical (unpaired) electrons. The summed E-state index contributed by atoms with van der Waals surface area (Å²) in [7, 11) is 0. The van der Waals surface area contributed by atoms with Crippen LogP contribution in [-0.2, 0) is 4.79 Å². The molecule has 3 heteroatoms. The SMILES string of the molecule is Cc1ccccc1NC(=O)C1CNCC1C. The second-order valence-corrected chi connectivity index (χ2v) is 4.55. The normalized spacial score (nSPS) is 24.4. The summed E-state index contributed by atoms with van der Waals surface area (Å²) >= 11 is 0. The molecule has 1 aliphatic rings. The molecule has 1 aromatic rings. The molecule has 0 aromatic heterocycles. The molecule has 16 heavy (non-hydrogen) atoms. The molecule has 0 bridgehead atoms. The quantitative estimate of drug-likeness (QED) is 0.794. The second kappa shape index (κ2) is 4.66. The molecule has 0 spiro atoms. The van der Waals surface area contributed by atoms with E-state index in [-0.39, 0.29) is 11.8 Å². The van der Waals surface area contributed by atoms with Gasteiger partial charge in [-0.05, 0) is 31.0 Å². The largest absolute Gasteiger partial charge is 0.326 e. The standard InChI is InChI=1S/C13H18N2O/c1-9-5-3-4-6-12(9)15-13(16)11-8-14-7-10(11)2/h3-6,10-11,14H,7-8H2,1-2H3,(H,15,16). The highest BCUT2D eigenvalue weighted by atomic mass is 16.1. The number of aryl methyl sites for hydroxylation is 1. The fourth-order valence-corrected chi connectivity index (χ4v) is 2.10. The van der Waals surface area contributed by atoms with Crippen molar-refractivity contribution in [3.63, 3.8) is 0 Å². The van der Waals surface area contributed by atoms with Crippen molar-refractivity contribution in [2.75, 3.05) is 18.4 Å². The van der Waals surface area contributed by atoms with Crippen molar-refractivity contribution in [3.05, 3.63) is 29.8 Å². The van der Waals surface area contributed by atoms with Crippen LogP contribution in [0.5, 0.6) is 0 Å². The average Bonchev–Trinajstić information content (AvgIpc) is 2.68. The summed E-state index contributed by atoms with van der Waals surface area (Å²) in [6.07, 6.45) is 0. The summed E-state index contributed by atoms with van der Waals surface area (Å²) < 4.78 is 0. The number of amides is 1. The second-order valence-electron chi connectivity index (χ2n) is 4.55. The lowest BCUT2D eigenvalue weighted by Gasteiger charge is -2.15. The van der Waals surface area contributed by atoms with Crippen LogP contribution in [0, 0.1) is 18.8 Å². The number of hydrogen-bond donors (Lipinski definition) is 2. The van der Waals surface area contributed by atoms with Gasteiger partial charge in [-0.15, -0.1) is 0 Å². The summed E-state index contributed by atoms with van der Waals surface area (Å²) in [5, 5.41) is 6.25. The number of para-hydroxylation sites is 1. The molecule has 0 aliphatic carbocycles. The minimum Gasteiger partial charge on any atom is -0.326 e. The molecule has 1 fully saturated rings. The van der Waals surface area contributed by atoms with Crippen LogP contribution in [0.15, 0.2) is 24.3 Å². The zero-order valence-corrected chi connectivity index (χ0v) is 9.79. The first-order valence-corrected chi connectivity index (χ1v) is 5.75. The maximum atomic E-state index is 12.0. The molecule has 2 unspecified atom stereocenters. The molecule has 2 rings (SSSR count). The minimum atomic E-state index is 0.0969. The van der Waals surface area contributed by atoms with E-state index in [0.29, 0.717) is 5.92 Å². The third-order valence-corrected chi connectivity index (χ3v) is 3.26. The monoisotopic (exact) mass is 218 g/mol. The molecular formula is C13H18N2O. The third-order valence-electron chi connectivity index (χ3n) is 3.26. The third kappa shape index (κ3) is 2.25. The molecular weight excluding hydrogens is 200 g/mol. The molecule has 2 N–H and O–H groups in total. The fourth-order valence-electron chi connectivity index (χ4n) is 2.10. The Morgan fingerprint density at radius 2 is 2.12 bits per heavy atom. The lowest BCUT2D eigenvalue weighted by molar-refractivity contribution is -0.120. The average molecular weight is 218 g/mol. The Balaban J connectivity index is 2.05. The zero-order valence-electron chi connectivity index (χ0n) is 9.79. The summed E-state index contributed by atoms with van der Waals surface area (Å²) in [5.74, 6) is 0.649. The van der Waals surface area contributed by atoms with Gasteiger partial charge in [0.25, 0.3) is 0 Å². The van der Waals surface area contributed by atoms with E-state index < -0.39 is 0 Å². The first kappa shape index (κ1) is 11.1. The van der Waals surface area contributed by atoms with Crippen LogP contribution < -0.4 is 10.6 Å². The number of benzene rings is 1. The van der Waals surface area contributed by atoms with Gasteiger partial charge in [0, 0.05) is 12.2 Å². The van der Waals surface area contributed by atoms with E-state index in [4.69, 9.17) is 0 Å². The predicted molar refractivity (Wildman–Crippen MR) is 65.3 cm³/mol. The van der Waals surface area contributed by atoms with Crippen molar-refractivity contribution < 1.29 is 4.79 Å².